The van der Waals surface area contributed by atoms with Gasteiger partial charge in [0.1, 0.15) is 13.2 Å². The summed E-state index contributed by atoms with van der Waals surface area (Å²) in [4.78, 5) is 37.1. The third-order valence-electron chi connectivity index (χ3n) is 13.6. The van der Waals surface area contributed by atoms with Crippen molar-refractivity contribution >= 4 is 17.9 Å². The van der Waals surface area contributed by atoms with Crippen LogP contribution in [-0.4, -0.2) is 82.3 Å². The molecule has 0 aliphatic carbocycles. The summed E-state index contributed by atoms with van der Waals surface area (Å²) >= 11 is 0. The van der Waals surface area contributed by atoms with Crippen LogP contribution in [0.25, 0.3) is 0 Å². The summed E-state index contributed by atoms with van der Waals surface area (Å²) in [5.41, 5.74) is 0. The van der Waals surface area contributed by atoms with E-state index in [0.29, 0.717) is 17.4 Å². The third-order valence-corrected chi connectivity index (χ3v) is 13.6. The zero-order valence-corrected chi connectivity index (χ0v) is 46.0. The molecule has 0 aromatic rings. The predicted molar refractivity (Wildman–Crippen MR) is 284 cm³/mol. The number of hydrogen-bond donors (Lipinski definition) is 0. The summed E-state index contributed by atoms with van der Waals surface area (Å²) in [6, 6.07) is 0. The molecule has 0 amide bonds. The van der Waals surface area contributed by atoms with Crippen LogP contribution in [0, 0.1) is 0 Å². The smallest absolute Gasteiger partial charge is 0.306 e. The lowest BCUT2D eigenvalue weighted by atomic mass is 10.0. The van der Waals surface area contributed by atoms with Crippen molar-refractivity contribution in [3.05, 3.63) is 0 Å². The molecule has 0 saturated heterocycles. The Morgan fingerprint density at radius 1 is 0.382 bits per heavy atom. The van der Waals surface area contributed by atoms with E-state index in [1.54, 1.807) is 0 Å². The molecule has 68 heavy (non-hydrogen) atoms. The van der Waals surface area contributed by atoms with Crippen molar-refractivity contribution in [1.29, 1.82) is 0 Å². The fraction of sp³-hybridized carbons (Fsp3) is 0.949. The predicted octanol–water partition coefficient (Wildman–Crippen LogP) is 15.9. The highest BCUT2D eigenvalue weighted by molar-refractivity contribution is 5.70. The van der Waals surface area contributed by atoms with E-state index >= 15 is 0 Å². The Morgan fingerprint density at radius 3 is 0.941 bits per heavy atom. The molecule has 0 aromatic heterocycles. The average Bonchev–Trinajstić information content (AvgIpc) is 3.30. The molecular formula is C59H115NO8. The molecule has 0 aliphatic rings. The molecule has 0 heterocycles. The van der Waals surface area contributed by atoms with Crippen LogP contribution in [-0.2, 0) is 33.3 Å². The van der Waals surface area contributed by atoms with E-state index in [1.165, 1.54) is 238 Å². The van der Waals surface area contributed by atoms with Crippen LogP contribution in [0.5, 0.6) is 0 Å². The van der Waals surface area contributed by atoms with Crippen molar-refractivity contribution < 1.29 is 42.9 Å². The number of rotatable bonds is 56. The Balaban J connectivity index is 3.98. The van der Waals surface area contributed by atoms with Gasteiger partial charge in [0.15, 0.2) is 12.4 Å². The van der Waals surface area contributed by atoms with Crippen molar-refractivity contribution in [1.82, 2.24) is 0 Å². The number of nitrogens with zero attached hydrogens (tertiary/aromatic N) is 1. The van der Waals surface area contributed by atoms with Crippen molar-refractivity contribution in [2.24, 2.45) is 0 Å². The maximum Gasteiger partial charge on any atom is 0.306 e. The topological polar surface area (TPSA) is 111 Å². The third kappa shape index (κ3) is 52.1. The Labute approximate surface area is 422 Å². The summed E-state index contributed by atoms with van der Waals surface area (Å²) in [6.45, 7) is 4.79. The van der Waals surface area contributed by atoms with Crippen molar-refractivity contribution in [2.75, 3.05) is 47.5 Å². The van der Waals surface area contributed by atoms with Gasteiger partial charge in [-0.05, 0) is 12.8 Å². The first-order valence-electron chi connectivity index (χ1n) is 29.7. The van der Waals surface area contributed by atoms with Gasteiger partial charge in [-0.15, -0.1) is 0 Å². The molecular weight excluding hydrogens is 851 g/mol. The van der Waals surface area contributed by atoms with E-state index in [9.17, 15) is 19.5 Å². The quantitative estimate of drug-likeness (QED) is 0.0256. The van der Waals surface area contributed by atoms with Gasteiger partial charge in [0.05, 0.1) is 40.3 Å². The molecule has 9 heteroatoms. The van der Waals surface area contributed by atoms with Gasteiger partial charge >= 0.3 is 11.9 Å². The van der Waals surface area contributed by atoms with Gasteiger partial charge in [0.25, 0.3) is 0 Å². The summed E-state index contributed by atoms with van der Waals surface area (Å²) in [6.07, 6.45) is 54.7. The van der Waals surface area contributed by atoms with Crippen LogP contribution in [0.1, 0.15) is 303 Å². The zero-order chi connectivity index (χ0) is 49.9. The second-order valence-corrected chi connectivity index (χ2v) is 21.7. The number of carbonyl (C=O) groups excluding carboxylic acids is 3. The monoisotopic (exact) mass is 966 g/mol. The van der Waals surface area contributed by atoms with Crippen LogP contribution in [0.3, 0.4) is 0 Å². The summed E-state index contributed by atoms with van der Waals surface area (Å²) in [7, 11) is 5.93. The first-order chi connectivity index (χ1) is 33.1. The Morgan fingerprint density at radius 2 is 0.662 bits per heavy atom. The normalized spacial score (nSPS) is 12.7. The fourth-order valence-electron chi connectivity index (χ4n) is 9.01. The Kier molecular flexibility index (Phi) is 50.3. The van der Waals surface area contributed by atoms with Crippen LogP contribution in [0.15, 0.2) is 0 Å². The number of aliphatic carboxylic acids is 1. The molecule has 2 atom stereocenters. The molecule has 2 unspecified atom stereocenters. The maximum absolute atomic E-state index is 12.8. The highest BCUT2D eigenvalue weighted by Gasteiger charge is 2.22. The van der Waals surface area contributed by atoms with Crippen LogP contribution < -0.4 is 5.11 Å². The molecule has 0 fully saturated rings. The highest BCUT2D eigenvalue weighted by atomic mass is 16.7. The highest BCUT2D eigenvalue weighted by Crippen LogP contribution is 2.18. The van der Waals surface area contributed by atoms with Crippen molar-refractivity contribution in [3.63, 3.8) is 0 Å². The number of esters is 2. The molecule has 0 N–H and O–H groups in total. The molecule has 0 radical (unpaired) electrons. The lowest BCUT2D eigenvalue weighted by molar-refractivity contribution is -0.870. The molecule has 0 saturated carbocycles. The van der Waals surface area contributed by atoms with E-state index < -0.39 is 24.3 Å². The standard InChI is InChI=1S/C59H115NO8/c1-6-8-10-12-14-16-18-19-20-21-22-23-24-25-26-27-28-29-30-31-32-33-34-35-36-37-38-40-42-44-46-48-50-57(62)68-55(54-67-59(58(63)64)65-52-51-60(3,4)5)53-66-56(61)49-47-45-43-41-39-17-15-13-11-9-7-2/h55,59H,6-54H2,1-5H3. The largest absolute Gasteiger partial charge is 0.545 e. The van der Waals surface area contributed by atoms with Gasteiger partial charge < -0.3 is 33.3 Å². The molecule has 0 aromatic carbocycles. The maximum atomic E-state index is 12.8. The molecule has 0 spiro atoms. The minimum atomic E-state index is -1.61. The number of hydrogen-bond acceptors (Lipinski definition) is 8. The Hall–Kier alpha value is -1.71. The lowest BCUT2D eigenvalue weighted by Crippen LogP contribution is -2.44. The van der Waals surface area contributed by atoms with E-state index in [2.05, 4.69) is 13.8 Å². The van der Waals surface area contributed by atoms with Gasteiger partial charge in [-0.2, -0.15) is 0 Å². The van der Waals surface area contributed by atoms with Gasteiger partial charge in [-0.1, -0.05) is 277 Å². The number of unbranched alkanes of at least 4 members (excludes halogenated alkanes) is 41. The Bertz CT molecular complexity index is 1080. The second kappa shape index (κ2) is 51.6. The van der Waals surface area contributed by atoms with Gasteiger partial charge in [0, 0.05) is 12.8 Å². The molecule has 404 valence electrons. The number of carboxylic acid groups (broad SMARTS) is 1. The molecule has 0 aliphatic heterocycles. The number of carbonyl (C=O) groups is 3. The minimum absolute atomic E-state index is 0.153. The van der Waals surface area contributed by atoms with Crippen LogP contribution in [0.2, 0.25) is 0 Å². The van der Waals surface area contributed by atoms with Crippen LogP contribution >= 0.6 is 0 Å². The van der Waals surface area contributed by atoms with Gasteiger partial charge in [-0.25, -0.2) is 0 Å². The molecule has 9 nitrogen and oxygen atoms in total. The number of likely N-dealkylation sites (N-methyl/N-ethyl adjacent to an activating group) is 1. The zero-order valence-electron chi connectivity index (χ0n) is 46.0. The summed E-state index contributed by atoms with van der Waals surface area (Å²) in [5, 5.41) is 11.7. The number of carboxylic acids is 1. The van der Waals surface area contributed by atoms with Gasteiger partial charge in [0.2, 0.25) is 0 Å². The van der Waals surface area contributed by atoms with E-state index in [0.717, 1.165) is 38.5 Å². The van der Waals surface area contributed by atoms with E-state index in [1.807, 2.05) is 21.1 Å². The number of quaternary nitrogens is 1. The molecule has 0 rings (SSSR count). The number of ether oxygens (including phenoxy) is 4. The SMILES string of the molecule is CCCCCCCCCCCCCCCCCCCCCCCCCCCCCCCCCCC(=O)OC(COC(=O)CCCCCCCCCCCCC)COC(OCC[N+](C)(C)C)C(=O)[O-]. The van der Waals surface area contributed by atoms with Crippen molar-refractivity contribution in [3.8, 4) is 0 Å². The summed E-state index contributed by atoms with van der Waals surface area (Å²) in [5.74, 6) is -2.26. The summed E-state index contributed by atoms with van der Waals surface area (Å²) < 4.78 is 22.7. The first kappa shape index (κ1) is 66.3. The van der Waals surface area contributed by atoms with Gasteiger partial charge in [-0.3, -0.25) is 9.59 Å². The van der Waals surface area contributed by atoms with Crippen molar-refractivity contribution in [2.45, 2.75) is 315 Å². The van der Waals surface area contributed by atoms with Crippen LogP contribution in [0.4, 0.5) is 0 Å². The van der Waals surface area contributed by atoms with E-state index in [-0.39, 0.29) is 32.2 Å². The fourth-order valence-corrected chi connectivity index (χ4v) is 9.01. The second-order valence-electron chi connectivity index (χ2n) is 21.7. The minimum Gasteiger partial charge on any atom is -0.545 e. The molecule has 0 bridgehead atoms. The first-order valence-corrected chi connectivity index (χ1v) is 29.7. The lowest BCUT2D eigenvalue weighted by Gasteiger charge is -2.26. The average molecular weight is 967 g/mol. The van der Waals surface area contributed by atoms with E-state index in [4.69, 9.17) is 18.9 Å².